The van der Waals surface area contributed by atoms with Crippen molar-refractivity contribution < 1.29 is 14.4 Å². The molecule has 3 rings (SSSR count). The van der Waals surface area contributed by atoms with Gasteiger partial charge in [0.15, 0.2) is 0 Å². The first-order valence-electron chi connectivity index (χ1n) is 8.65. The van der Waals surface area contributed by atoms with Crippen LogP contribution in [0.25, 0.3) is 0 Å². The first kappa shape index (κ1) is 17.6. The standard InChI is InChI=1S/C20H23FN2O2/c1-15-5-10-19(18(21)13-15)23(25)20(24)17-8-6-16(7-9-17)14-22-11-3-2-4-12-22/h5-10,13,25H,2-4,11-12,14H2,1H3. The van der Waals surface area contributed by atoms with Crippen molar-refractivity contribution >= 4 is 11.6 Å². The van der Waals surface area contributed by atoms with Crippen LogP contribution >= 0.6 is 0 Å². The van der Waals surface area contributed by atoms with Crippen molar-refractivity contribution in [1.82, 2.24) is 4.90 Å². The van der Waals surface area contributed by atoms with Crippen LogP contribution in [0.5, 0.6) is 0 Å². The number of likely N-dealkylation sites (tertiary alicyclic amines) is 1. The van der Waals surface area contributed by atoms with E-state index >= 15 is 0 Å². The summed E-state index contributed by atoms with van der Waals surface area (Å²) < 4.78 is 13.9. The van der Waals surface area contributed by atoms with Gasteiger partial charge >= 0.3 is 0 Å². The second-order valence-electron chi connectivity index (χ2n) is 6.61. The van der Waals surface area contributed by atoms with Gasteiger partial charge in [-0.1, -0.05) is 24.6 Å². The zero-order chi connectivity index (χ0) is 17.8. The first-order valence-corrected chi connectivity index (χ1v) is 8.65. The molecule has 1 saturated heterocycles. The molecule has 0 bridgehead atoms. The number of hydrogen-bond donors (Lipinski definition) is 1. The molecular formula is C20H23FN2O2. The molecular weight excluding hydrogens is 319 g/mol. The Balaban J connectivity index is 1.69. The smallest absolute Gasteiger partial charge is 0.282 e. The van der Waals surface area contributed by atoms with E-state index in [1.807, 2.05) is 12.1 Å². The number of hydrogen-bond acceptors (Lipinski definition) is 3. The van der Waals surface area contributed by atoms with Crippen molar-refractivity contribution in [2.75, 3.05) is 18.2 Å². The van der Waals surface area contributed by atoms with Crippen LogP contribution in [0.2, 0.25) is 0 Å². The average molecular weight is 342 g/mol. The van der Waals surface area contributed by atoms with Crippen LogP contribution in [-0.4, -0.2) is 29.1 Å². The normalized spacial score (nSPS) is 15.2. The van der Waals surface area contributed by atoms with E-state index in [-0.39, 0.29) is 5.69 Å². The number of aryl methyl sites for hydroxylation is 1. The zero-order valence-corrected chi connectivity index (χ0v) is 14.4. The van der Waals surface area contributed by atoms with E-state index in [2.05, 4.69) is 4.90 Å². The summed E-state index contributed by atoms with van der Waals surface area (Å²) in [5.74, 6) is -1.27. The number of carbonyl (C=O) groups is 1. The molecule has 0 spiro atoms. The second kappa shape index (κ2) is 7.76. The third kappa shape index (κ3) is 4.24. The lowest BCUT2D eigenvalue weighted by Gasteiger charge is -2.26. The summed E-state index contributed by atoms with van der Waals surface area (Å²) in [4.78, 5) is 14.8. The summed E-state index contributed by atoms with van der Waals surface area (Å²) in [5, 5.41) is 10.4. The SMILES string of the molecule is Cc1ccc(N(O)C(=O)c2ccc(CN3CCCCC3)cc2)c(F)c1. The molecule has 0 aromatic heterocycles. The summed E-state index contributed by atoms with van der Waals surface area (Å²) in [6.07, 6.45) is 3.77. The van der Waals surface area contributed by atoms with E-state index < -0.39 is 11.7 Å². The minimum Gasteiger partial charge on any atom is -0.299 e. The van der Waals surface area contributed by atoms with Crippen molar-refractivity contribution in [3.63, 3.8) is 0 Å². The van der Waals surface area contributed by atoms with Gasteiger partial charge in [0.2, 0.25) is 0 Å². The highest BCUT2D eigenvalue weighted by molar-refractivity contribution is 6.04. The molecule has 1 amide bonds. The van der Waals surface area contributed by atoms with Crippen molar-refractivity contribution in [2.45, 2.75) is 32.7 Å². The largest absolute Gasteiger partial charge is 0.299 e. The molecule has 25 heavy (non-hydrogen) atoms. The Bertz CT molecular complexity index is 740. The van der Waals surface area contributed by atoms with Gasteiger partial charge in [-0.05, 0) is 68.2 Å². The number of benzene rings is 2. The number of amides is 1. The molecule has 0 unspecified atom stereocenters. The molecule has 5 heteroatoms. The Morgan fingerprint density at radius 2 is 1.80 bits per heavy atom. The van der Waals surface area contributed by atoms with Crippen molar-refractivity contribution in [1.29, 1.82) is 0 Å². The third-order valence-electron chi connectivity index (χ3n) is 4.58. The number of carbonyl (C=O) groups excluding carboxylic acids is 1. The molecule has 0 aliphatic carbocycles. The van der Waals surface area contributed by atoms with Gasteiger partial charge in [0.05, 0.1) is 0 Å². The van der Waals surface area contributed by atoms with Crippen LogP contribution in [0.4, 0.5) is 10.1 Å². The van der Waals surface area contributed by atoms with Gasteiger partial charge in [-0.15, -0.1) is 0 Å². The van der Waals surface area contributed by atoms with Gasteiger partial charge in [-0.2, -0.15) is 5.06 Å². The van der Waals surface area contributed by atoms with Gasteiger partial charge < -0.3 is 0 Å². The molecule has 1 N–H and O–H groups in total. The topological polar surface area (TPSA) is 43.8 Å². The van der Waals surface area contributed by atoms with Crippen LogP contribution < -0.4 is 5.06 Å². The van der Waals surface area contributed by atoms with Crippen molar-refractivity contribution in [3.8, 4) is 0 Å². The molecule has 1 aliphatic rings. The maximum absolute atomic E-state index is 13.9. The molecule has 132 valence electrons. The van der Waals surface area contributed by atoms with Gasteiger partial charge in [-0.25, -0.2) is 4.39 Å². The molecule has 0 radical (unpaired) electrons. The number of nitrogens with zero attached hydrogens (tertiary/aromatic N) is 2. The lowest BCUT2D eigenvalue weighted by molar-refractivity contribution is 0.0852. The number of anilines is 1. The molecule has 0 saturated carbocycles. The third-order valence-corrected chi connectivity index (χ3v) is 4.58. The quantitative estimate of drug-likeness (QED) is 0.670. The molecule has 0 atom stereocenters. The van der Waals surface area contributed by atoms with E-state index in [9.17, 15) is 14.4 Å². The Morgan fingerprint density at radius 1 is 1.12 bits per heavy atom. The fraction of sp³-hybridized carbons (Fsp3) is 0.350. The minimum atomic E-state index is -0.646. The van der Waals surface area contributed by atoms with Crippen LogP contribution in [0.15, 0.2) is 42.5 Å². The second-order valence-corrected chi connectivity index (χ2v) is 6.61. The van der Waals surface area contributed by atoms with Crippen molar-refractivity contribution in [3.05, 3.63) is 65.0 Å². The fourth-order valence-electron chi connectivity index (χ4n) is 3.14. The highest BCUT2D eigenvalue weighted by Gasteiger charge is 2.19. The highest BCUT2D eigenvalue weighted by atomic mass is 19.1. The van der Waals surface area contributed by atoms with E-state index in [0.29, 0.717) is 10.6 Å². The lowest BCUT2D eigenvalue weighted by Crippen LogP contribution is -2.29. The van der Waals surface area contributed by atoms with Crippen LogP contribution in [-0.2, 0) is 6.54 Å². The number of halogens is 1. The van der Waals surface area contributed by atoms with E-state index in [1.165, 1.54) is 31.4 Å². The zero-order valence-electron chi connectivity index (χ0n) is 14.4. The van der Waals surface area contributed by atoms with Crippen LogP contribution in [0, 0.1) is 12.7 Å². The van der Waals surface area contributed by atoms with E-state index in [1.54, 1.807) is 25.1 Å². The maximum Gasteiger partial charge on any atom is 0.282 e. The molecule has 2 aromatic carbocycles. The number of piperidine rings is 1. The molecule has 1 fully saturated rings. The van der Waals surface area contributed by atoms with Crippen LogP contribution in [0.1, 0.15) is 40.7 Å². The maximum atomic E-state index is 13.9. The summed E-state index contributed by atoms with van der Waals surface area (Å²) in [5.41, 5.74) is 2.03. The summed E-state index contributed by atoms with van der Waals surface area (Å²) in [6, 6.07) is 11.5. The number of hydroxylamine groups is 1. The number of rotatable bonds is 4. The molecule has 1 heterocycles. The van der Waals surface area contributed by atoms with E-state index in [4.69, 9.17) is 0 Å². The molecule has 2 aromatic rings. The predicted octanol–water partition coefficient (Wildman–Crippen LogP) is 4.16. The summed E-state index contributed by atoms with van der Waals surface area (Å²) in [6.45, 7) is 4.83. The Labute approximate surface area is 147 Å². The highest BCUT2D eigenvalue weighted by Crippen LogP contribution is 2.21. The lowest BCUT2D eigenvalue weighted by atomic mass is 10.1. The minimum absolute atomic E-state index is 0.145. The predicted molar refractivity (Wildman–Crippen MR) is 95.3 cm³/mol. The van der Waals surface area contributed by atoms with Gasteiger partial charge in [0.1, 0.15) is 11.5 Å². The van der Waals surface area contributed by atoms with Gasteiger partial charge in [0.25, 0.3) is 5.91 Å². The fourth-order valence-corrected chi connectivity index (χ4v) is 3.14. The van der Waals surface area contributed by atoms with Gasteiger partial charge in [0, 0.05) is 12.1 Å². The monoisotopic (exact) mass is 342 g/mol. The Hall–Kier alpha value is -2.24. The van der Waals surface area contributed by atoms with Gasteiger partial charge in [-0.3, -0.25) is 14.9 Å². The Morgan fingerprint density at radius 3 is 2.44 bits per heavy atom. The average Bonchev–Trinajstić information content (AvgIpc) is 2.62. The van der Waals surface area contributed by atoms with Crippen LogP contribution in [0.3, 0.4) is 0 Å². The summed E-state index contributed by atoms with van der Waals surface area (Å²) in [7, 11) is 0. The summed E-state index contributed by atoms with van der Waals surface area (Å²) >= 11 is 0. The first-order chi connectivity index (χ1) is 12.0. The van der Waals surface area contributed by atoms with Crippen molar-refractivity contribution in [2.24, 2.45) is 0 Å². The van der Waals surface area contributed by atoms with E-state index in [0.717, 1.165) is 30.8 Å². The molecule has 4 nitrogen and oxygen atoms in total. The molecule has 1 aliphatic heterocycles. The Kier molecular flexibility index (Phi) is 5.46.